The maximum absolute atomic E-state index is 12.5. The van der Waals surface area contributed by atoms with Crippen LogP contribution in [0, 0.1) is 18.8 Å². The summed E-state index contributed by atoms with van der Waals surface area (Å²) in [6, 6.07) is 6.37. The Morgan fingerprint density at radius 2 is 1.92 bits per heavy atom. The molecule has 1 saturated heterocycles. The molecule has 0 radical (unpaired) electrons. The van der Waals surface area contributed by atoms with Crippen molar-refractivity contribution < 1.29 is 22.1 Å². The van der Waals surface area contributed by atoms with Gasteiger partial charge in [-0.05, 0) is 38.3 Å². The molecule has 4 rings (SSSR count). The van der Waals surface area contributed by atoms with Crippen LogP contribution < -0.4 is 0 Å². The van der Waals surface area contributed by atoms with Crippen molar-refractivity contribution in [2.24, 2.45) is 11.8 Å². The predicted molar refractivity (Wildman–Crippen MR) is 92.5 cm³/mol. The lowest BCUT2D eigenvalue weighted by Crippen LogP contribution is -2.55. The van der Waals surface area contributed by atoms with E-state index < -0.39 is 22.3 Å². The van der Waals surface area contributed by atoms with E-state index in [1.54, 1.807) is 36.1 Å². The highest BCUT2D eigenvalue weighted by Crippen LogP contribution is 2.38. The molecule has 1 amide bonds. The number of rotatable bonds is 4. The molecule has 7 heteroatoms. The maximum atomic E-state index is 12.5. The number of hydrogen-bond donors (Lipinski definition) is 0. The van der Waals surface area contributed by atoms with E-state index in [2.05, 4.69) is 6.08 Å². The van der Waals surface area contributed by atoms with E-state index in [0.29, 0.717) is 6.54 Å². The molecule has 4 atom stereocenters. The molecule has 0 aromatic heterocycles. The van der Waals surface area contributed by atoms with Crippen LogP contribution in [0.15, 0.2) is 41.3 Å². The second-order valence-electron chi connectivity index (χ2n) is 6.73. The molecule has 0 saturated carbocycles. The summed E-state index contributed by atoms with van der Waals surface area (Å²) in [5.74, 6) is 0.102. The van der Waals surface area contributed by atoms with Gasteiger partial charge in [0.25, 0.3) is 10.1 Å². The van der Waals surface area contributed by atoms with Gasteiger partial charge in [0.2, 0.25) is 0 Å². The molecule has 0 spiro atoms. The van der Waals surface area contributed by atoms with Crippen molar-refractivity contribution in [2.45, 2.75) is 37.3 Å². The number of carbonyl (C=O) groups excluding carboxylic acids is 1. The van der Waals surface area contributed by atoms with Gasteiger partial charge >= 0.3 is 6.09 Å². The van der Waals surface area contributed by atoms with E-state index in [1.165, 1.54) is 7.11 Å². The average Bonchev–Trinajstić information content (AvgIpc) is 2.61. The highest BCUT2D eigenvalue weighted by molar-refractivity contribution is 7.86. The van der Waals surface area contributed by atoms with Gasteiger partial charge in [0.05, 0.1) is 24.2 Å². The fraction of sp³-hybridized carbons (Fsp3) is 0.500. The van der Waals surface area contributed by atoms with Crippen molar-refractivity contribution in [3.8, 4) is 0 Å². The average molecular weight is 365 g/mol. The molecule has 1 aromatic rings. The SMILES string of the molecule is COC(=O)N1CC2C=CC1C(C(C)OS(=O)(=O)c1ccc(C)cc1)C2. The number of piperidine rings is 1. The van der Waals surface area contributed by atoms with Crippen molar-refractivity contribution in [1.82, 2.24) is 4.90 Å². The van der Waals surface area contributed by atoms with Crippen molar-refractivity contribution in [2.75, 3.05) is 13.7 Å². The predicted octanol–water partition coefficient (Wildman–Crippen LogP) is 2.73. The summed E-state index contributed by atoms with van der Waals surface area (Å²) in [5.41, 5.74) is 0.982. The monoisotopic (exact) mass is 365 g/mol. The molecule has 4 unspecified atom stereocenters. The van der Waals surface area contributed by atoms with E-state index in [4.69, 9.17) is 8.92 Å². The molecule has 136 valence electrons. The highest BCUT2D eigenvalue weighted by atomic mass is 32.2. The molecule has 1 aromatic carbocycles. The summed E-state index contributed by atoms with van der Waals surface area (Å²) >= 11 is 0. The zero-order valence-corrected chi connectivity index (χ0v) is 15.4. The fourth-order valence-corrected chi connectivity index (χ4v) is 4.76. The summed E-state index contributed by atoms with van der Waals surface area (Å²) in [6.45, 7) is 4.24. The number of aryl methyl sites for hydroxylation is 1. The van der Waals surface area contributed by atoms with Crippen LogP contribution in [-0.2, 0) is 19.0 Å². The van der Waals surface area contributed by atoms with E-state index in [0.717, 1.165) is 12.0 Å². The van der Waals surface area contributed by atoms with Gasteiger partial charge in [-0.3, -0.25) is 4.18 Å². The number of benzene rings is 1. The number of nitrogens with zero attached hydrogens (tertiary/aromatic N) is 1. The first-order valence-electron chi connectivity index (χ1n) is 8.34. The molecule has 2 aliphatic heterocycles. The van der Waals surface area contributed by atoms with E-state index in [-0.39, 0.29) is 22.8 Å². The van der Waals surface area contributed by atoms with Crippen LogP contribution in [0.5, 0.6) is 0 Å². The lowest BCUT2D eigenvalue weighted by Gasteiger charge is -2.47. The number of methoxy groups -OCH3 is 1. The van der Waals surface area contributed by atoms with Crippen molar-refractivity contribution in [1.29, 1.82) is 0 Å². The standard InChI is InChI=1S/C18H23NO5S/c1-12-4-7-15(8-5-12)25(21,22)24-13(2)16-10-14-6-9-17(16)19(11-14)18(20)23-3/h4-9,13-14,16-17H,10-11H2,1-3H3. The summed E-state index contributed by atoms with van der Waals surface area (Å²) in [6.07, 6.45) is 3.90. The van der Waals surface area contributed by atoms with Gasteiger partial charge < -0.3 is 9.64 Å². The van der Waals surface area contributed by atoms with Crippen LogP contribution in [-0.4, -0.2) is 45.2 Å². The largest absolute Gasteiger partial charge is 0.453 e. The Hall–Kier alpha value is -1.86. The second kappa shape index (κ2) is 6.80. The topological polar surface area (TPSA) is 72.9 Å². The normalized spacial score (nSPS) is 26.5. The summed E-state index contributed by atoms with van der Waals surface area (Å²) < 4.78 is 35.4. The van der Waals surface area contributed by atoms with Gasteiger partial charge in [0.1, 0.15) is 0 Å². The van der Waals surface area contributed by atoms with Crippen molar-refractivity contribution in [3.63, 3.8) is 0 Å². The molecule has 0 N–H and O–H groups in total. The molecule has 2 heterocycles. The third kappa shape index (κ3) is 3.57. The molecule has 25 heavy (non-hydrogen) atoms. The van der Waals surface area contributed by atoms with Crippen LogP contribution >= 0.6 is 0 Å². The Kier molecular flexibility index (Phi) is 4.88. The van der Waals surface area contributed by atoms with E-state index >= 15 is 0 Å². The first-order chi connectivity index (χ1) is 11.8. The smallest absolute Gasteiger partial charge is 0.410 e. The fourth-order valence-electron chi connectivity index (χ4n) is 3.64. The van der Waals surface area contributed by atoms with E-state index in [9.17, 15) is 13.2 Å². The Labute approximate surface area is 148 Å². The Morgan fingerprint density at radius 3 is 2.52 bits per heavy atom. The van der Waals surface area contributed by atoms with Gasteiger partial charge in [0.15, 0.2) is 0 Å². The summed E-state index contributed by atoms with van der Waals surface area (Å²) in [5, 5.41) is 0. The lowest BCUT2D eigenvalue weighted by atomic mass is 9.75. The zero-order chi connectivity index (χ0) is 18.2. The Balaban J connectivity index is 1.77. The van der Waals surface area contributed by atoms with Gasteiger partial charge in [-0.15, -0.1) is 0 Å². The Bertz CT molecular complexity index is 771. The van der Waals surface area contributed by atoms with E-state index in [1.807, 2.05) is 13.0 Å². The minimum Gasteiger partial charge on any atom is -0.453 e. The maximum Gasteiger partial charge on any atom is 0.410 e. The van der Waals surface area contributed by atoms with Crippen molar-refractivity contribution in [3.05, 3.63) is 42.0 Å². The minimum absolute atomic E-state index is 0.0944. The van der Waals surface area contributed by atoms with Crippen molar-refractivity contribution >= 4 is 16.2 Å². The molecular formula is C18H23NO5S. The third-order valence-corrected chi connectivity index (χ3v) is 6.39. The number of amides is 1. The quantitative estimate of drug-likeness (QED) is 0.606. The van der Waals surface area contributed by atoms with Crippen LogP contribution in [0.3, 0.4) is 0 Å². The molecule has 3 aliphatic rings. The van der Waals surface area contributed by atoms with Crippen LogP contribution in [0.2, 0.25) is 0 Å². The van der Waals surface area contributed by atoms with Gasteiger partial charge in [0, 0.05) is 12.5 Å². The third-order valence-electron chi connectivity index (χ3n) is 4.99. The minimum atomic E-state index is -3.84. The molecule has 1 aliphatic carbocycles. The number of carbonyl (C=O) groups is 1. The van der Waals surface area contributed by atoms with Gasteiger partial charge in [-0.25, -0.2) is 4.79 Å². The number of hydrogen-bond acceptors (Lipinski definition) is 5. The Morgan fingerprint density at radius 1 is 1.24 bits per heavy atom. The first kappa shape index (κ1) is 17.9. The number of fused-ring (bicyclic) bond motifs is 2. The first-order valence-corrected chi connectivity index (χ1v) is 9.75. The zero-order valence-electron chi connectivity index (χ0n) is 14.6. The second-order valence-corrected chi connectivity index (χ2v) is 8.30. The molecule has 6 nitrogen and oxygen atoms in total. The summed E-state index contributed by atoms with van der Waals surface area (Å²) in [7, 11) is -2.49. The van der Waals surface area contributed by atoms with Crippen LogP contribution in [0.1, 0.15) is 18.9 Å². The lowest BCUT2D eigenvalue weighted by molar-refractivity contribution is 0.0210. The summed E-state index contributed by atoms with van der Waals surface area (Å²) in [4.78, 5) is 13.8. The molecule has 1 fully saturated rings. The van der Waals surface area contributed by atoms with Crippen LogP contribution in [0.25, 0.3) is 0 Å². The molecule has 2 bridgehead atoms. The molecular weight excluding hydrogens is 342 g/mol. The van der Waals surface area contributed by atoms with Gasteiger partial charge in [-0.2, -0.15) is 8.42 Å². The number of ether oxygens (including phenoxy) is 1. The van der Waals surface area contributed by atoms with Crippen LogP contribution in [0.4, 0.5) is 4.79 Å². The highest BCUT2D eigenvalue weighted by Gasteiger charge is 2.44. The van der Waals surface area contributed by atoms with Gasteiger partial charge in [-0.1, -0.05) is 29.8 Å².